The van der Waals surface area contributed by atoms with Gasteiger partial charge in [-0.05, 0) is 25.6 Å². The summed E-state index contributed by atoms with van der Waals surface area (Å²) in [5, 5.41) is 8.75. The van der Waals surface area contributed by atoms with E-state index in [1.165, 1.54) is 16.2 Å². The number of nitrogens with zero attached hydrogens (tertiary/aromatic N) is 2. The Morgan fingerprint density at radius 1 is 1.50 bits per heavy atom. The molecule has 0 aromatic carbocycles. The van der Waals surface area contributed by atoms with Crippen molar-refractivity contribution in [2.75, 3.05) is 51.4 Å². The van der Waals surface area contributed by atoms with Gasteiger partial charge in [-0.3, -0.25) is 0 Å². The summed E-state index contributed by atoms with van der Waals surface area (Å²) in [7, 11) is 0. The van der Waals surface area contributed by atoms with Gasteiger partial charge in [0.1, 0.15) is 13.1 Å². The summed E-state index contributed by atoms with van der Waals surface area (Å²) in [4.78, 5) is 1.47. The van der Waals surface area contributed by atoms with Crippen LogP contribution in [-0.4, -0.2) is 55.8 Å². The molecule has 0 amide bonds. The van der Waals surface area contributed by atoms with Crippen LogP contribution >= 0.6 is 23.6 Å². The number of aromatic nitrogens is 2. The van der Waals surface area contributed by atoms with Crippen LogP contribution in [0.1, 0.15) is 13.3 Å². The fraction of sp³-hybridized carbons (Fsp3) is 0.833. The van der Waals surface area contributed by atoms with E-state index in [0.717, 1.165) is 68.2 Å². The maximum atomic E-state index is 5.37. The number of anilines is 1. The zero-order valence-corrected chi connectivity index (χ0v) is 13.5. The molecule has 0 spiro atoms. The Morgan fingerprint density at radius 2 is 2.30 bits per heavy atom. The zero-order valence-electron chi connectivity index (χ0n) is 11.9. The molecule has 1 aliphatic rings. The van der Waals surface area contributed by atoms with Gasteiger partial charge in [-0.15, -0.1) is 5.10 Å². The summed E-state index contributed by atoms with van der Waals surface area (Å²) in [5.74, 6) is 0. The van der Waals surface area contributed by atoms with Crippen molar-refractivity contribution in [2.45, 2.75) is 20.0 Å². The van der Waals surface area contributed by atoms with Gasteiger partial charge in [0, 0.05) is 19.8 Å². The molecule has 2 rings (SSSR count). The summed E-state index contributed by atoms with van der Waals surface area (Å²) in [6.45, 7) is 8.97. The lowest BCUT2D eigenvalue weighted by atomic mass is 10.4. The van der Waals surface area contributed by atoms with Gasteiger partial charge in [-0.2, -0.15) is 4.68 Å². The summed E-state index contributed by atoms with van der Waals surface area (Å²) >= 11 is 6.91. The van der Waals surface area contributed by atoms with Crippen LogP contribution in [0.4, 0.5) is 5.13 Å². The number of hydrogen-bond acceptors (Lipinski definition) is 6. The van der Waals surface area contributed by atoms with Crippen LogP contribution in [0.2, 0.25) is 0 Å². The molecule has 2 N–H and O–H groups in total. The highest BCUT2D eigenvalue weighted by Crippen LogP contribution is 2.13. The summed E-state index contributed by atoms with van der Waals surface area (Å²) < 4.78 is 13.4. The van der Waals surface area contributed by atoms with E-state index in [4.69, 9.17) is 21.7 Å². The second-order valence-electron chi connectivity index (χ2n) is 4.67. The lowest BCUT2D eigenvalue weighted by Crippen LogP contribution is -3.13. The Kier molecular flexibility index (Phi) is 6.88. The van der Waals surface area contributed by atoms with Crippen molar-refractivity contribution in [1.29, 1.82) is 0 Å². The molecule has 6 nitrogen and oxygen atoms in total. The topological polar surface area (TPSA) is 52.8 Å². The number of ether oxygens (including phenoxy) is 2. The molecular formula is C12H23N4O2S2+. The number of rotatable bonds is 8. The third-order valence-corrected chi connectivity index (χ3v) is 4.39. The Hall–Kier alpha value is -0.540. The van der Waals surface area contributed by atoms with E-state index in [9.17, 15) is 0 Å². The average molecular weight is 319 g/mol. The molecule has 0 atom stereocenters. The van der Waals surface area contributed by atoms with Crippen LogP contribution in [0.5, 0.6) is 0 Å². The minimum Gasteiger partial charge on any atom is -0.382 e. The predicted molar refractivity (Wildman–Crippen MR) is 82.1 cm³/mol. The van der Waals surface area contributed by atoms with E-state index < -0.39 is 0 Å². The Bertz CT molecular complexity index is 443. The first-order valence-corrected chi connectivity index (χ1v) is 8.33. The largest absolute Gasteiger partial charge is 0.382 e. The smallest absolute Gasteiger partial charge is 0.204 e. The number of hydrogen-bond donors (Lipinski definition) is 2. The Labute approximate surface area is 128 Å². The van der Waals surface area contributed by atoms with E-state index in [1.807, 2.05) is 11.6 Å². The Morgan fingerprint density at radius 3 is 3.05 bits per heavy atom. The molecule has 1 fully saturated rings. The van der Waals surface area contributed by atoms with Crippen LogP contribution in [0.15, 0.2) is 0 Å². The van der Waals surface area contributed by atoms with Gasteiger partial charge in [-0.1, -0.05) is 11.3 Å². The SMILES string of the molecule is CCOCCCNc1nn(C[NH+]2CCOCC2)c(=S)s1. The van der Waals surface area contributed by atoms with Crippen LogP contribution < -0.4 is 10.2 Å². The molecule has 2 heterocycles. The van der Waals surface area contributed by atoms with Gasteiger partial charge in [0.05, 0.1) is 13.2 Å². The number of morpholine rings is 1. The van der Waals surface area contributed by atoms with Gasteiger partial charge in [-0.25, -0.2) is 0 Å². The highest BCUT2D eigenvalue weighted by Gasteiger charge is 2.15. The third kappa shape index (κ3) is 5.10. The number of nitrogens with one attached hydrogen (secondary N) is 2. The van der Waals surface area contributed by atoms with E-state index >= 15 is 0 Å². The monoisotopic (exact) mass is 319 g/mol. The lowest BCUT2D eigenvalue weighted by Gasteiger charge is -2.23. The van der Waals surface area contributed by atoms with Crippen molar-refractivity contribution in [3.8, 4) is 0 Å². The van der Waals surface area contributed by atoms with Crippen molar-refractivity contribution in [1.82, 2.24) is 9.78 Å². The van der Waals surface area contributed by atoms with Crippen molar-refractivity contribution in [3.05, 3.63) is 3.95 Å². The molecule has 1 aliphatic heterocycles. The first kappa shape index (κ1) is 15.8. The quantitative estimate of drug-likeness (QED) is 0.536. The lowest BCUT2D eigenvalue weighted by molar-refractivity contribution is -0.930. The van der Waals surface area contributed by atoms with E-state index in [2.05, 4.69) is 10.4 Å². The summed E-state index contributed by atoms with van der Waals surface area (Å²) in [5.41, 5.74) is 0. The molecule has 114 valence electrons. The van der Waals surface area contributed by atoms with Crippen molar-refractivity contribution >= 4 is 28.7 Å². The summed E-state index contributed by atoms with van der Waals surface area (Å²) in [6, 6.07) is 0. The highest BCUT2D eigenvalue weighted by atomic mass is 32.1. The average Bonchev–Trinajstić information content (AvgIpc) is 2.80. The first-order chi connectivity index (χ1) is 9.79. The van der Waals surface area contributed by atoms with Gasteiger partial charge in [0.15, 0.2) is 10.6 Å². The van der Waals surface area contributed by atoms with Crippen LogP contribution in [0, 0.1) is 3.95 Å². The molecule has 1 saturated heterocycles. The highest BCUT2D eigenvalue weighted by molar-refractivity contribution is 7.73. The zero-order chi connectivity index (χ0) is 14.2. The molecule has 0 bridgehead atoms. The Balaban J connectivity index is 1.77. The minimum absolute atomic E-state index is 0.774. The molecule has 8 heteroatoms. The van der Waals surface area contributed by atoms with Gasteiger partial charge >= 0.3 is 0 Å². The van der Waals surface area contributed by atoms with E-state index in [1.54, 1.807) is 0 Å². The van der Waals surface area contributed by atoms with Gasteiger partial charge in [0.25, 0.3) is 0 Å². The molecule has 1 aromatic heterocycles. The van der Waals surface area contributed by atoms with Gasteiger partial charge in [0.2, 0.25) is 5.13 Å². The normalized spacial score (nSPS) is 16.4. The van der Waals surface area contributed by atoms with E-state index in [-0.39, 0.29) is 0 Å². The first-order valence-electron chi connectivity index (χ1n) is 7.10. The fourth-order valence-corrected chi connectivity index (χ4v) is 3.05. The van der Waals surface area contributed by atoms with Crippen LogP contribution in [-0.2, 0) is 16.1 Å². The van der Waals surface area contributed by atoms with Crippen molar-refractivity contribution in [3.63, 3.8) is 0 Å². The molecule has 0 radical (unpaired) electrons. The second kappa shape index (κ2) is 8.68. The molecule has 20 heavy (non-hydrogen) atoms. The molecule has 1 aromatic rings. The summed E-state index contributed by atoms with van der Waals surface area (Å²) in [6.07, 6.45) is 0.981. The maximum absolute atomic E-state index is 5.37. The third-order valence-electron chi connectivity index (χ3n) is 3.13. The van der Waals surface area contributed by atoms with Crippen molar-refractivity contribution < 1.29 is 14.4 Å². The predicted octanol–water partition coefficient (Wildman–Crippen LogP) is 0.385. The van der Waals surface area contributed by atoms with E-state index in [0.29, 0.717) is 0 Å². The molecule has 0 saturated carbocycles. The standard InChI is InChI=1S/C12H22N4O2S2/c1-2-17-7-3-4-13-11-14-16(12(19)20-11)10-15-5-8-18-9-6-15/h2-10H2,1H3,(H,13,14)/p+1. The molecule has 0 unspecified atom stereocenters. The molecular weight excluding hydrogens is 296 g/mol. The maximum Gasteiger partial charge on any atom is 0.204 e. The minimum atomic E-state index is 0.774. The van der Waals surface area contributed by atoms with Crippen LogP contribution in [0.3, 0.4) is 0 Å². The second-order valence-corrected chi connectivity index (χ2v) is 6.29. The fourth-order valence-electron chi connectivity index (χ4n) is 2.02. The van der Waals surface area contributed by atoms with Crippen LogP contribution in [0.25, 0.3) is 0 Å². The van der Waals surface area contributed by atoms with Crippen molar-refractivity contribution in [2.24, 2.45) is 0 Å². The molecule has 0 aliphatic carbocycles. The number of quaternary nitrogens is 1. The van der Waals surface area contributed by atoms with Gasteiger partial charge < -0.3 is 19.7 Å².